The molecule has 0 saturated carbocycles. The van der Waals surface area contributed by atoms with Crippen LogP contribution in [0.5, 0.6) is 5.75 Å². The predicted octanol–water partition coefficient (Wildman–Crippen LogP) is 3.64. The van der Waals surface area contributed by atoms with Crippen molar-refractivity contribution < 1.29 is 14.3 Å². The zero-order valence-electron chi connectivity index (χ0n) is 13.9. The van der Waals surface area contributed by atoms with Crippen LogP contribution in [0.15, 0.2) is 42.5 Å². The first kappa shape index (κ1) is 19.1. The van der Waals surface area contributed by atoms with Gasteiger partial charge in [0.15, 0.2) is 0 Å². The third kappa shape index (κ3) is 5.37. The normalized spacial score (nSPS) is 10.2. The van der Waals surface area contributed by atoms with E-state index in [1.807, 2.05) is 12.1 Å². The molecule has 0 aliphatic carbocycles. The molecule has 5 nitrogen and oxygen atoms in total. The molecular formula is C18H18Cl2N2O3. The van der Waals surface area contributed by atoms with E-state index in [1.54, 1.807) is 44.5 Å². The second-order valence-corrected chi connectivity index (χ2v) is 6.24. The summed E-state index contributed by atoms with van der Waals surface area (Å²) in [5.41, 5.74) is 1.15. The molecule has 0 radical (unpaired) electrons. The molecule has 2 amide bonds. The van der Waals surface area contributed by atoms with Gasteiger partial charge in [-0.05, 0) is 29.8 Å². The van der Waals surface area contributed by atoms with Gasteiger partial charge in [-0.1, -0.05) is 41.4 Å². The van der Waals surface area contributed by atoms with E-state index in [-0.39, 0.29) is 24.8 Å². The zero-order valence-corrected chi connectivity index (χ0v) is 15.4. The number of nitrogens with one attached hydrogen (secondary N) is 1. The lowest BCUT2D eigenvalue weighted by molar-refractivity contribution is -0.132. The number of nitrogens with zero attached hydrogens (tertiary/aromatic N) is 1. The average Bonchev–Trinajstić information content (AvgIpc) is 2.58. The van der Waals surface area contributed by atoms with E-state index < -0.39 is 0 Å². The first-order valence-corrected chi connectivity index (χ1v) is 8.27. The number of ether oxygens (including phenoxy) is 1. The summed E-state index contributed by atoms with van der Waals surface area (Å²) < 4.78 is 5.14. The van der Waals surface area contributed by atoms with Gasteiger partial charge in [0.05, 0.1) is 35.8 Å². The van der Waals surface area contributed by atoms with Gasteiger partial charge in [-0.2, -0.15) is 0 Å². The number of rotatable bonds is 6. The Bertz CT molecular complexity index is 760. The molecule has 132 valence electrons. The molecule has 0 atom stereocenters. The van der Waals surface area contributed by atoms with E-state index in [0.717, 1.165) is 5.56 Å². The molecule has 0 saturated heterocycles. The number of anilines is 1. The van der Waals surface area contributed by atoms with Crippen LogP contribution in [-0.2, 0) is 16.0 Å². The lowest BCUT2D eigenvalue weighted by Crippen LogP contribution is -2.35. The lowest BCUT2D eigenvalue weighted by Gasteiger charge is -2.17. The maximum atomic E-state index is 12.3. The number of likely N-dealkylation sites (N-methyl/N-ethyl adjacent to an activating group) is 1. The summed E-state index contributed by atoms with van der Waals surface area (Å²) in [4.78, 5) is 25.8. The summed E-state index contributed by atoms with van der Waals surface area (Å²) in [6.45, 7) is -0.107. The van der Waals surface area contributed by atoms with Crippen LogP contribution in [0.2, 0.25) is 10.0 Å². The van der Waals surface area contributed by atoms with Crippen molar-refractivity contribution in [1.82, 2.24) is 4.90 Å². The minimum absolute atomic E-state index is 0.107. The molecule has 0 aliphatic rings. The Hall–Kier alpha value is -2.24. The molecule has 7 heteroatoms. The van der Waals surface area contributed by atoms with E-state index in [0.29, 0.717) is 21.5 Å². The maximum absolute atomic E-state index is 12.3. The Balaban J connectivity index is 1.95. The summed E-state index contributed by atoms with van der Waals surface area (Å²) in [5, 5.41) is 3.31. The Kier molecular flexibility index (Phi) is 6.67. The quantitative estimate of drug-likeness (QED) is 0.831. The molecule has 2 aromatic carbocycles. The van der Waals surface area contributed by atoms with Crippen LogP contribution in [0.4, 0.5) is 5.69 Å². The molecule has 1 N–H and O–H groups in total. The molecular weight excluding hydrogens is 363 g/mol. The van der Waals surface area contributed by atoms with Crippen LogP contribution in [-0.4, -0.2) is 37.4 Å². The lowest BCUT2D eigenvalue weighted by atomic mass is 10.1. The molecule has 25 heavy (non-hydrogen) atoms. The summed E-state index contributed by atoms with van der Waals surface area (Å²) in [6.07, 6.45) is 0.174. The van der Waals surface area contributed by atoms with E-state index in [1.165, 1.54) is 4.90 Å². The highest BCUT2D eigenvalue weighted by molar-refractivity contribution is 6.39. The van der Waals surface area contributed by atoms with Crippen molar-refractivity contribution >= 4 is 40.7 Å². The van der Waals surface area contributed by atoms with E-state index in [9.17, 15) is 9.59 Å². The van der Waals surface area contributed by atoms with Crippen molar-refractivity contribution in [1.29, 1.82) is 0 Å². The third-order valence-electron chi connectivity index (χ3n) is 3.52. The molecule has 0 unspecified atom stereocenters. The van der Waals surface area contributed by atoms with Gasteiger partial charge >= 0.3 is 0 Å². The first-order chi connectivity index (χ1) is 11.9. The van der Waals surface area contributed by atoms with E-state index in [4.69, 9.17) is 27.9 Å². The second-order valence-electron chi connectivity index (χ2n) is 5.42. The fourth-order valence-electron chi connectivity index (χ4n) is 2.19. The van der Waals surface area contributed by atoms with Crippen LogP contribution in [0.25, 0.3) is 0 Å². The highest BCUT2D eigenvalue weighted by atomic mass is 35.5. The number of benzene rings is 2. The summed E-state index contributed by atoms with van der Waals surface area (Å²) in [5.74, 6) is 0.115. The van der Waals surface area contributed by atoms with Gasteiger partial charge in [-0.25, -0.2) is 0 Å². The number of hydrogen-bond acceptors (Lipinski definition) is 3. The Labute approximate surface area is 156 Å². The van der Waals surface area contributed by atoms with Crippen LogP contribution < -0.4 is 10.1 Å². The van der Waals surface area contributed by atoms with E-state index in [2.05, 4.69) is 5.32 Å². The van der Waals surface area contributed by atoms with Gasteiger partial charge < -0.3 is 15.0 Å². The van der Waals surface area contributed by atoms with Gasteiger partial charge in [0.2, 0.25) is 11.8 Å². The van der Waals surface area contributed by atoms with E-state index >= 15 is 0 Å². The number of para-hydroxylation sites is 1. The molecule has 0 aliphatic heterocycles. The van der Waals surface area contributed by atoms with Crippen LogP contribution in [0.1, 0.15) is 5.56 Å². The van der Waals surface area contributed by atoms with Crippen molar-refractivity contribution in [3.8, 4) is 5.75 Å². The SMILES string of the molecule is COc1cccc(CC(=O)N(C)CC(=O)Nc2c(Cl)cccc2Cl)c1. The summed E-state index contributed by atoms with van der Waals surface area (Å²) in [7, 11) is 3.13. The minimum atomic E-state index is -0.378. The monoisotopic (exact) mass is 380 g/mol. The second kappa shape index (κ2) is 8.74. The smallest absolute Gasteiger partial charge is 0.244 e. The largest absolute Gasteiger partial charge is 0.497 e. The third-order valence-corrected chi connectivity index (χ3v) is 4.15. The Morgan fingerprint density at radius 3 is 2.40 bits per heavy atom. The molecule has 2 rings (SSSR count). The Morgan fingerprint density at radius 1 is 1.12 bits per heavy atom. The van der Waals surface area contributed by atoms with Gasteiger partial charge in [0.1, 0.15) is 5.75 Å². The van der Waals surface area contributed by atoms with Crippen molar-refractivity contribution in [2.45, 2.75) is 6.42 Å². The number of halogens is 2. The van der Waals surface area contributed by atoms with Gasteiger partial charge in [-0.3, -0.25) is 9.59 Å². The maximum Gasteiger partial charge on any atom is 0.244 e. The molecule has 0 heterocycles. The van der Waals surface area contributed by atoms with Crippen LogP contribution in [0, 0.1) is 0 Å². The van der Waals surface area contributed by atoms with Gasteiger partial charge in [-0.15, -0.1) is 0 Å². The summed E-state index contributed by atoms with van der Waals surface area (Å²) in [6, 6.07) is 12.2. The van der Waals surface area contributed by atoms with Crippen molar-refractivity contribution in [2.24, 2.45) is 0 Å². The molecule has 0 fully saturated rings. The van der Waals surface area contributed by atoms with Crippen molar-refractivity contribution in [3.05, 3.63) is 58.1 Å². The molecule has 2 aromatic rings. The average molecular weight is 381 g/mol. The standard InChI is InChI=1S/C18H18Cl2N2O3/c1-22(17(24)10-12-5-3-6-13(9-12)25-2)11-16(23)21-18-14(19)7-4-8-15(18)20/h3-9H,10-11H2,1-2H3,(H,21,23). The minimum Gasteiger partial charge on any atom is -0.497 e. The fourth-order valence-corrected chi connectivity index (χ4v) is 2.68. The topological polar surface area (TPSA) is 58.6 Å². The summed E-state index contributed by atoms with van der Waals surface area (Å²) >= 11 is 12.0. The number of carbonyl (C=O) groups excluding carboxylic acids is 2. The Morgan fingerprint density at radius 2 is 1.76 bits per heavy atom. The zero-order chi connectivity index (χ0) is 18.4. The molecule has 0 aromatic heterocycles. The number of methoxy groups -OCH3 is 1. The van der Waals surface area contributed by atoms with Crippen LogP contribution in [0.3, 0.4) is 0 Å². The highest BCUT2D eigenvalue weighted by Gasteiger charge is 2.16. The van der Waals surface area contributed by atoms with Gasteiger partial charge in [0, 0.05) is 7.05 Å². The van der Waals surface area contributed by atoms with Crippen molar-refractivity contribution in [3.63, 3.8) is 0 Å². The van der Waals surface area contributed by atoms with Crippen molar-refractivity contribution in [2.75, 3.05) is 26.0 Å². The number of amides is 2. The molecule has 0 spiro atoms. The predicted molar refractivity (Wildman–Crippen MR) is 99.4 cm³/mol. The number of hydrogen-bond donors (Lipinski definition) is 1. The first-order valence-electron chi connectivity index (χ1n) is 7.51. The number of carbonyl (C=O) groups is 2. The van der Waals surface area contributed by atoms with Gasteiger partial charge in [0.25, 0.3) is 0 Å². The fraction of sp³-hybridized carbons (Fsp3) is 0.222. The highest BCUT2D eigenvalue weighted by Crippen LogP contribution is 2.29. The van der Waals surface area contributed by atoms with Crippen LogP contribution >= 0.6 is 23.2 Å². The molecule has 0 bridgehead atoms.